The van der Waals surface area contributed by atoms with Crippen LogP contribution in [-0.4, -0.2) is 19.1 Å². The molecule has 0 bridgehead atoms. The first-order chi connectivity index (χ1) is 3.06. The van der Waals surface area contributed by atoms with Crippen molar-refractivity contribution in [3.8, 4) is 0 Å². The van der Waals surface area contributed by atoms with E-state index in [0.29, 0.717) is 0 Å². The molecule has 1 N–H and O–H groups in total. The lowest BCUT2D eigenvalue weighted by molar-refractivity contribution is -0.279. The summed E-state index contributed by atoms with van der Waals surface area (Å²) in [6, 6.07) is 0. The lowest BCUT2D eigenvalue weighted by Gasteiger charge is -2.00. The molecular weight excluding hydrogens is 112 g/mol. The molecule has 0 radical (unpaired) electrons. The van der Waals surface area contributed by atoms with Crippen molar-refractivity contribution < 1.29 is 22.8 Å². The molecule has 0 atom stereocenters. The van der Waals surface area contributed by atoms with Crippen LogP contribution in [0.3, 0.4) is 0 Å². The third kappa shape index (κ3) is 5.77. The molecule has 0 rings (SSSR count). The molecule has 6 heteroatoms. The van der Waals surface area contributed by atoms with Crippen LogP contribution >= 0.6 is 0 Å². The summed E-state index contributed by atoms with van der Waals surface area (Å²) >= 11 is 0. The van der Waals surface area contributed by atoms with Gasteiger partial charge in [0, 0.05) is 0 Å². The first-order valence-corrected chi connectivity index (χ1v) is 1.38. The van der Waals surface area contributed by atoms with E-state index in [1.807, 2.05) is 0 Å². The molecule has 0 aliphatic carbocycles. The van der Waals surface area contributed by atoms with Crippen LogP contribution in [0.25, 0.3) is 0 Å². The summed E-state index contributed by atoms with van der Waals surface area (Å²) in [6.45, 7) is 0. The largest absolute Gasteiger partial charge is 0.510 e. The maximum absolute atomic E-state index is 10.7. The molecular formula is CH2BF3O2. The first kappa shape index (κ1) is 6.77. The Labute approximate surface area is 38.2 Å². The van der Waals surface area contributed by atoms with E-state index >= 15 is 0 Å². The van der Waals surface area contributed by atoms with Crippen molar-refractivity contribution in [2.45, 2.75) is 6.36 Å². The molecule has 0 aromatic carbocycles. The molecule has 42 valence electrons. The highest BCUT2D eigenvalue weighted by atomic mass is 19.4. The zero-order chi connectivity index (χ0) is 5.91. The summed E-state index contributed by atoms with van der Waals surface area (Å²) in [5, 5.41) is 7.46. The monoisotopic (exact) mass is 114 g/mol. The average Bonchev–Trinajstić information content (AvgIpc) is 1.30. The van der Waals surface area contributed by atoms with Gasteiger partial charge in [-0.25, -0.2) is 0 Å². The summed E-state index contributed by atoms with van der Waals surface area (Å²) in [6.07, 6.45) is -4.70. The fourth-order valence-corrected chi connectivity index (χ4v) is 0.0732. The van der Waals surface area contributed by atoms with Crippen LogP contribution in [0.1, 0.15) is 0 Å². The number of halogens is 3. The zero-order valence-corrected chi connectivity index (χ0v) is 3.20. The Morgan fingerprint density at radius 2 is 1.86 bits per heavy atom. The summed E-state index contributed by atoms with van der Waals surface area (Å²) in [5.41, 5.74) is 0. The van der Waals surface area contributed by atoms with Gasteiger partial charge < -0.3 is 9.68 Å². The fraction of sp³-hybridized carbons (Fsp3) is 1.00. The van der Waals surface area contributed by atoms with Crippen molar-refractivity contribution >= 4 is 7.69 Å². The highest BCUT2D eigenvalue weighted by Gasteiger charge is 2.28. The van der Waals surface area contributed by atoms with Crippen LogP contribution in [0.4, 0.5) is 13.2 Å². The molecule has 0 amide bonds. The van der Waals surface area contributed by atoms with Crippen LogP contribution in [-0.2, 0) is 4.65 Å². The van der Waals surface area contributed by atoms with Crippen molar-refractivity contribution in [3.63, 3.8) is 0 Å². The zero-order valence-electron chi connectivity index (χ0n) is 3.20. The van der Waals surface area contributed by atoms with Gasteiger partial charge in [0.25, 0.3) is 0 Å². The van der Waals surface area contributed by atoms with Gasteiger partial charge in [-0.15, -0.1) is 13.2 Å². The predicted molar refractivity (Wildman–Crippen MR) is 16.5 cm³/mol. The maximum atomic E-state index is 10.7. The Morgan fingerprint density at radius 3 is 1.86 bits per heavy atom. The molecule has 0 aliphatic heterocycles. The Bertz CT molecular complexity index is 51.4. The van der Waals surface area contributed by atoms with E-state index in [2.05, 4.69) is 4.65 Å². The Hall–Kier alpha value is -0.225. The predicted octanol–water partition coefficient (Wildman–Crippen LogP) is -0.218. The highest BCUT2D eigenvalue weighted by molar-refractivity contribution is 6.15. The minimum Gasteiger partial charge on any atom is -0.430 e. The van der Waals surface area contributed by atoms with Crippen molar-refractivity contribution in [2.75, 3.05) is 0 Å². The van der Waals surface area contributed by atoms with Gasteiger partial charge in [0.15, 0.2) is 0 Å². The van der Waals surface area contributed by atoms with Gasteiger partial charge in [0.1, 0.15) is 0 Å². The molecule has 2 nitrogen and oxygen atoms in total. The molecule has 0 aromatic rings. The topological polar surface area (TPSA) is 29.5 Å². The van der Waals surface area contributed by atoms with Crippen LogP contribution in [0.2, 0.25) is 0 Å². The van der Waals surface area contributed by atoms with E-state index < -0.39 is 14.0 Å². The third-order valence-electron chi connectivity index (χ3n) is 0.228. The van der Waals surface area contributed by atoms with Crippen molar-refractivity contribution in [2.24, 2.45) is 0 Å². The lowest BCUT2D eigenvalue weighted by atomic mass is 10.4. The Kier molecular flexibility index (Phi) is 2.11. The van der Waals surface area contributed by atoms with Gasteiger partial charge in [0.2, 0.25) is 0 Å². The molecule has 0 unspecified atom stereocenters. The molecule has 7 heavy (non-hydrogen) atoms. The van der Waals surface area contributed by atoms with Gasteiger partial charge in [-0.3, -0.25) is 0 Å². The Balaban J connectivity index is 3.15. The maximum Gasteiger partial charge on any atom is 0.510 e. The molecule has 0 fully saturated rings. The summed E-state index contributed by atoms with van der Waals surface area (Å²) in [5.74, 6) is 0. The molecule has 0 heterocycles. The Morgan fingerprint density at radius 1 is 1.43 bits per heavy atom. The number of alkyl halides is 3. The van der Waals surface area contributed by atoms with E-state index in [9.17, 15) is 13.2 Å². The standard InChI is InChI=1S/CH2BF3O2/c3-1(4,5)7-2-6/h2,6H. The van der Waals surface area contributed by atoms with E-state index in [0.717, 1.165) is 0 Å². The second kappa shape index (κ2) is 2.18. The van der Waals surface area contributed by atoms with Gasteiger partial charge in [0.05, 0.1) is 0 Å². The smallest absolute Gasteiger partial charge is 0.430 e. The van der Waals surface area contributed by atoms with E-state index in [1.165, 1.54) is 0 Å². The van der Waals surface area contributed by atoms with Gasteiger partial charge in [-0.1, -0.05) is 0 Å². The molecule has 0 saturated carbocycles. The number of hydrogen-bond donors (Lipinski definition) is 1. The lowest BCUT2D eigenvalue weighted by Crippen LogP contribution is -2.15. The highest BCUT2D eigenvalue weighted by Crippen LogP contribution is 2.13. The minimum absolute atomic E-state index is 1.32. The van der Waals surface area contributed by atoms with E-state index in [-0.39, 0.29) is 0 Å². The minimum atomic E-state index is -4.70. The van der Waals surface area contributed by atoms with Crippen LogP contribution in [0.15, 0.2) is 0 Å². The quantitative estimate of drug-likeness (QED) is 0.477. The van der Waals surface area contributed by atoms with Crippen LogP contribution < -0.4 is 0 Å². The van der Waals surface area contributed by atoms with Crippen molar-refractivity contribution in [1.29, 1.82) is 0 Å². The molecule has 0 aliphatic rings. The third-order valence-corrected chi connectivity index (χ3v) is 0.228. The molecule has 0 aromatic heterocycles. The van der Waals surface area contributed by atoms with Crippen LogP contribution in [0.5, 0.6) is 0 Å². The fourth-order valence-electron chi connectivity index (χ4n) is 0.0732. The normalized spacial score (nSPS) is 11.4. The average molecular weight is 114 g/mol. The van der Waals surface area contributed by atoms with Crippen molar-refractivity contribution in [1.82, 2.24) is 0 Å². The van der Waals surface area contributed by atoms with Crippen LogP contribution in [0, 0.1) is 0 Å². The second-order valence-corrected chi connectivity index (χ2v) is 0.719. The summed E-state index contributed by atoms with van der Waals surface area (Å²) in [4.78, 5) is 0. The van der Waals surface area contributed by atoms with Gasteiger partial charge in [-0.05, 0) is 0 Å². The summed E-state index contributed by atoms with van der Waals surface area (Å²) in [7, 11) is -1.32. The molecule has 0 saturated heterocycles. The SMILES string of the molecule is OBOC(F)(F)F. The van der Waals surface area contributed by atoms with Gasteiger partial charge in [-0.2, -0.15) is 0 Å². The molecule has 0 spiro atoms. The van der Waals surface area contributed by atoms with Gasteiger partial charge >= 0.3 is 14.0 Å². The van der Waals surface area contributed by atoms with E-state index in [4.69, 9.17) is 5.02 Å². The number of rotatable bonds is 1. The second-order valence-electron chi connectivity index (χ2n) is 0.719. The first-order valence-electron chi connectivity index (χ1n) is 1.38. The number of hydrogen-bond acceptors (Lipinski definition) is 2. The van der Waals surface area contributed by atoms with Crippen molar-refractivity contribution in [3.05, 3.63) is 0 Å². The van der Waals surface area contributed by atoms with E-state index in [1.54, 1.807) is 0 Å². The summed E-state index contributed by atoms with van der Waals surface area (Å²) < 4.78 is 34.8.